The fourth-order valence-corrected chi connectivity index (χ4v) is 9.33. The van der Waals surface area contributed by atoms with Crippen LogP contribution in [-0.2, 0) is 4.43 Å². The van der Waals surface area contributed by atoms with Crippen molar-refractivity contribution in [2.75, 3.05) is 0 Å². The highest BCUT2D eigenvalue weighted by atomic mass is 28.4. The van der Waals surface area contributed by atoms with Crippen molar-refractivity contribution >= 4 is 16.4 Å². The Balaban J connectivity index is 2.94. The predicted molar refractivity (Wildman–Crippen MR) is 78.2 cm³/mol. The van der Waals surface area contributed by atoms with E-state index in [0.717, 1.165) is 0 Å². The lowest BCUT2D eigenvalue weighted by molar-refractivity contribution is 0.173. The number of rotatable bonds is 3. The maximum atomic E-state index is 6.76. The van der Waals surface area contributed by atoms with Crippen LogP contribution < -0.4 is 0 Å². The lowest BCUT2D eigenvalue weighted by Crippen LogP contribution is -2.54. The van der Waals surface area contributed by atoms with Gasteiger partial charge in [-0.15, -0.1) is 0 Å². The van der Waals surface area contributed by atoms with Gasteiger partial charge in [0.25, 0.3) is 0 Å². The van der Waals surface area contributed by atoms with E-state index >= 15 is 0 Å². The van der Waals surface area contributed by atoms with Gasteiger partial charge in [-0.1, -0.05) is 46.8 Å². The summed E-state index contributed by atoms with van der Waals surface area (Å²) in [5, 5.41) is 0.644. The Bertz CT molecular complexity index is 270. The van der Waals surface area contributed by atoms with Crippen molar-refractivity contribution < 1.29 is 4.43 Å². The minimum Gasteiger partial charge on any atom is -0.414 e. The Hall–Kier alpha value is 0.394. The molecular weight excluding hydrogens is 228 g/mol. The molecule has 0 radical (unpaired) electrons. The van der Waals surface area contributed by atoms with Crippen molar-refractivity contribution in [3.63, 3.8) is 0 Å². The van der Waals surface area contributed by atoms with E-state index in [1.54, 1.807) is 0 Å². The summed E-state index contributed by atoms with van der Waals surface area (Å²) in [5.74, 6) is 0. The van der Waals surface area contributed by atoms with Crippen LogP contribution in [0, 0.1) is 0 Å². The summed E-state index contributed by atoms with van der Waals surface area (Å²) < 4.78 is 6.76. The van der Waals surface area contributed by atoms with E-state index < -0.39 is 16.4 Å². The third-order valence-electron chi connectivity index (χ3n) is 5.43. The predicted octanol–water partition coefficient (Wildman–Crippen LogP) is 4.81. The van der Waals surface area contributed by atoms with Crippen molar-refractivity contribution in [1.82, 2.24) is 0 Å². The van der Waals surface area contributed by atoms with Crippen LogP contribution in [0.1, 0.15) is 40.5 Å². The number of hydrogen-bond donors (Lipinski definition) is 0. The molecule has 16 heavy (non-hydrogen) atoms. The first-order valence-electron chi connectivity index (χ1n) is 6.68. The van der Waals surface area contributed by atoms with Crippen molar-refractivity contribution in [3.8, 4) is 0 Å². The normalized spacial score (nSPS) is 36.8. The van der Waals surface area contributed by atoms with Gasteiger partial charge in [-0.05, 0) is 31.0 Å². The maximum Gasteiger partial charge on any atom is 0.195 e. The summed E-state index contributed by atoms with van der Waals surface area (Å²) in [6.07, 6.45) is 2.55. The highest BCUT2D eigenvalue weighted by Gasteiger charge is 2.56. The summed E-state index contributed by atoms with van der Waals surface area (Å²) in [6.45, 7) is 19.3. The van der Waals surface area contributed by atoms with E-state index in [-0.39, 0.29) is 5.22 Å². The minimum atomic E-state index is -1.52. The van der Waals surface area contributed by atoms with E-state index in [1.807, 2.05) is 0 Å². The van der Waals surface area contributed by atoms with Gasteiger partial charge in [0.15, 0.2) is 8.32 Å². The molecule has 1 rings (SSSR count). The second-order valence-electron chi connectivity index (χ2n) is 7.55. The molecule has 1 aliphatic rings. The molecule has 0 bridgehead atoms. The van der Waals surface area contributed by atoms with Crippen LogP contribution in [0.15, 0.2) is 0 Å². The molecule has 1 saturated heterocycles. The molecule has 0 N–H and O–H groups in total. The van der Waals surface area contributed by atoms with Crippen molar-refractivity contribution in [1.29, 1.82) is 0 Å². The van der Waals surface area contributed by atoms with Crippen molar-refractivity contribution in [2.24, 2.45) is 0 Å². The second-order valence-corrected chi connectivity index (χ2v) is 17.6. The molecule has 0 aromatic rings. The molecule has 0 spiro atoms. The first kappa shape index (κ1) is 14.5. The van der Waals surface area contributed by atoms with Gasteiger partial charge in [-0.25, -0.2) is 0 Å². The van der Waals surface area contributed by atoms with E-state index in [1.165, 1.54) is 18.9 Å². The molecule has 2 atom stereocenters. The molecule has 1 fully saturated rings. The van der Waals surface area contributed by atoms with Gasteiger partial charge in [0.05, 0.1) is 8.07 Å². The molecule has 1 aliphatic heterocycles. The number of hydrogen-bond acceptors (Lipinski definition) is 1. The maximum absolute atomic E-state index is 6.76. The third-order valence-corrected chi connectivity index (χ3v) is 14.5. The smallest absolute Gasteiger partial charge is 0.195 e. The van der Waals surface area contributed by atoms with Gasteiger partial charge in [0, 0.05) is 5.22 Å². The summed E-state index contributed by atoms with van der Waals surface area (Å²) in [4.78, 5) is 0. The van der Waals surface area contributed by atoms with Crippen LogP contribution in [0.3, 0.4) is 0 Å². The van der Waals surface area contributed by atoms with Gasteiger partial charge in [0.1, 0.15) is 0 Å². The average Bonchev–Trinajstić information content (AvgIpc) is 2.44. The molecule has 0 amide bonds. The Labute approximate surface area is 104 Å². The van der Waals surface area contributed by atoms with Crippen LogP contribution in [0.2, 0.25) is 37.3 Å². The summed E-state index contributed by atoms with van der Waals surface area (Å²) in [5.41, 5.74) is 0. The zero-order valence-corrected chi connectivity index (χ0v) is 14.5. The van der Waals surface area contributed by atoms with E-state index in [0.29, 0.717) is 5.04 Å². The quantitative estimate of drug-likeness (QED) is 0.660. The topological polar surface area (TPSA) is 9.23 Å². The molecule has 96 valence electrons. The van der Waals surface area contributed by atoms with Crippen LogP contribution in [-0.4, -0.2) is 21.6 Å². The molecule has 0 aromatic carbocycles. The zero-order valence-electron chi connectivity index (χ0n) is 12.5. The fourth-order valence-electron chi connectivity index (χ4n) is 2.45. The molecule has 0 saturated carbocycles. The van der Waals surface area contributed by atoms with Crippen LogP contribution in [0.5, 0.6) is 0 Å². The molecule has 0 aromatic heterocycles. The SMILES string of the molecule is CCC(C)(C)[Si]1(C)CCC(C)([Si](C)(C)C)O1. The summed E-state index contributed by atoms with van der Waals surface area (Å²) >= 11 is 0. The second kappa shape index (κ2) is 3.96. The monoisotopic (exact) mass is 258 g/mol. The highest BCUT2D eigenvalue weighted by molar-refractivity contribution is 6.83. The van der Waals surface area contributed by atoms with Gasteiger partial charge >= 0.3 is 0 Å². The Morgan fingerprint density at radius 2 is 1.81 bits per heavy atom. The van der Waals surface area contributed by atoms with Crippen LogP contribution in [0.25, 0.3) is 0 Å². The fraction of sp³-hybridized carbons (Fsp3) is 1.00. The Morgan fingerprint density at radius 1 is 1.31 bits per heavy atom. The standard InChI is InChI=1S/C13H30OSi2/c1-9-12(2,3)16(8)11-10-13(4,14-16)15(5,6)7/h9-11H2,1-8H3. The minimum absolute atomic E-state index is 0.223. The third kappa shape index (κ3) is 2.18. The summed E-state index contributed by atoms with van der Waals surface area (Å²) in [6, 6.07) is 1.36. The Morgan fingerprint density at radius 3 is 2.12 bits per heavy atom. The lowest BCUT2D eigenvalue weighted by Gasteiger charge is -2.44. The first-order valence-corrected chi connectivity index (χ1v) is 12.8. The Kier molecular flexibility index (Phi) is 3.57. The molecule has 1 heterocycles. The van der Waals surface area contributed by atoms with E-state index in [4.69, 9.17) is 4.43 Å². The zero-order chi connectivity index (χ0) is 12.8. The molecule has 1 nitrogen and oxygen atoms in total. The molecule has 2 unspecified atom stereocenters. The largest absolute Gasteiger partial charge is 0.414 e. The summed E-state index contributed by atoms with van der Waals surface area (Å²) in [7, 11) is -2.74. The van der Waals surface area contributed by atoms with Gasteiger partial charge in [0.2, 0.25) is 0 Å². The molecular formula is C13H30OSi2. The highest BCUT2D eigenvalue weighted by Crippen LogP contribution is 2.53. The van der Waals surface area contributed by atoms with E-state index in [2.05, 4.69) is 53.9 Å². The first-order chi connectivity index (χ1) is 6.97. The van der Waals surface area contributed by atoms with Crippen molar-refractivity contribution in [3.05, 3.63) is 0 Å². The van der Waals surface area contributed by atoms with Crippen LogP contribution >= 0.6 is 0 Å². The molecule has 0 aliphatic carbocycles. The van der Waals surface area contributed by atoms with Crippen LogP contribution in [0.4, 0.5) is 0 Å². The van der Waals surface area contributed by atoms with Gasteiger partial charge in [-0.3, -0.25) is 0 Å². The van der Waals surface area contributed by atoms with Crippen molar-refractivity contribution in [2.45, 2.75) is 83.0 Å². The van der Waals surface area contributed by atoms with Gasteiger partial charge < -0.3 is 4.43 Å². The molecule has 3 heteroatoms. The average molecular weight is 259 g/mol. The van der Waals surface area contributed by atoms with E-state index in [9.17, 15) is 0 Å². The van der Waals surface area contributed by atoms with Gasteiger partial charge in [-0.2, -0.15) is 0 Å². The lowest BCUT2D eigenvalue weighted by atomic mass is 10.1.